The van der Waals surface area contributed by atoms with Crippen molar-refractivity contribution in [1.29, 1.82) is 0 Å². The van der Waals surface area contributed by atoms with Crippen molar-refractivity contribution in [3.05, 3.63) is 26.6 Å². The lowest BCUT2D eigenvalue weighted by Crippen LogP contribution is -2.60. The molecule has 1 aliphatic rings. The first-order valence-corrected chi connectivity index (χ1v) is 8.85. The molecule has 118 valence electrons. The van der Waals surface area contributed by atoms with Gasteiger partial charge in [0.15, 0.2) is 0 Å². The van der Waals surface area contributed by atoms with Crippen molar-refractivity contribution in [1.82, 2.24) is 5.32 Å². The van der Waals surface area contributed by atoms with Crippen LogP contribution in [0.5, 0.6) is 5.75 Å². The van der Waals surface area contributed by atoms with Crippen molar-refractivity contribution >= 4 is 31.9 Å². The molecule has 0 radical (unpaired) electrons. The van der Waals surface area contributed by atoms with Crippen LogP contribution in [0.1, 0.15) is 32.8 Å². The van der Waals surface area contributed by atoms with E-state index in [1.54, 1.807) is 7.11 Å². The maximum absolute atomic E-state index is 5.77. The second-order valence-corrected chi connectivity index (χ2v) is 7.74. The maximum Gasteiger partial charge on any atom is 0.147 e. The van der Waals surface area contributed by atoms with E-state index in [0.29, 0.717) is 12.1 Å². The molecule has 5 heteroatoms. The quantitative estimate of drug-likeness (QED) is 0.734. The molecule has 1 aromatic rings. The van der Waals surface area contributed by atoms with Crippen LogP contribution >= 0.6 is 31.9 Å². The number of hydrogen-bond donors (Lipinski definition) is 1. The molecule has 0 bridgehead atoms. The zero-order valence-corrected chi connectivity index (χ0v) is 16.2. The number of hydrogen-bond acceptors (Lipinski definition) is 3. The van der Waals surface area contributed by atoms with Gasteiger partial charge < -0.3 is 14.8 Å². The van der Waals surface area contributed by atoms with Gasteiger partial charge in [-0.1, -0.05) is 13.8 Å². The first kappa shape index (κ1) is 17.3. The molecule has 1 aliphatic carbocycles. The van der Waals surface area contributed by atoms with E-state index in [1.165, 1.54) is 5.56 Å². The molecule has 21 heavy (non-hydrogen) atoms. The fourth-order valence-corrected chi connectivity index (χ4v) is 4.47. The third-order valence-electron chi connectivity index (χ3n) is 4.36. The molecule has 1 N–H and O–H groups in total. The minimum Gasteiger partial charge on any atom is -0.494 e. The molecule has 0 spiro atoms. The van der Waals surface area contributed by atoms with E-state index in [4.69, 9.17) is 9.47 Å². The largest absolute Gasteiger partial charge is 0.494 e. The molecule has 0 heterocycles. The van der Waals surface area contributed by atoms with E-state index < -0.39 is 0 Å². The number of nitrogens with one attached hydrogen (secondary N) is 1. The molecule has 0 aromatic heterocycles. The van der Waals surface area contributed by atoms with E-state index in [9.17, 15) is 0 Å². The van der Waals surface area contributed by atoms with Crippen LogP contribution in [0.3, 0.4) is 0 Å². The minimum absolute atomic E-state index is 0.191. The van der Waals surface area contributed by atoms with Crippen molar-refractivity contribution in [3.63, 3.8) is 0 Å². The first-order valence-electron chi connectivity index (χ1n) is 7.27. The topological polar surface area (TPSA) is 30.5 Å². The molecule has 3 nitrogen and oxygen atoms in total. The summed E-state index contributed by atoms with van der Waals surface area (Å²) in [6.45, 7) is 8.24. The Kier molecular flexibility index (Phi) is 5.74. The van der Waals surface area contributed by atoms with E-state index in [0.717, 1.165) is 34.3 Å². The monoisotopic (exact) mass is 419 g/mol. The van der Waals surface area contributed by atoms with E-state index in [2.05, 4.69) is 70.1 Å². The van der Waals surface area contributed by atoms with Gasteiger partial charge in [0.25, 0.3) is 0 Å². The van der Waals surface area contributed by atoms with Gasteiger partial charge in [-0.3, -0.25) is 0 Å². The zero-order chi connectivity index (χ0) is 15.6. The SMILES string of the molecule is CCOC1CC(NCc2cc(Br)c(OC)c(Br)c2)C1(C)C. The van der Waals surface area contributed by atoms with Gasteiger partial charge in [0.1, 0.15) is 5.75 Å². The molecule has 1 fully saturated rings. The lowest BCUT2D eigenvalue weighted by Gasteiger charge is -2.52. The molecule has 0 saturated heterocycles. The highest BCUT2D eigenvalue weighted by atomic mass is 79.9. The average molecular weight is 421 g/mol. The van der Waals surface area contributed by atoms with Gasteiger partial charge in [0.2, 0.25) is 0 Å². The van der Waals surface area contributed by atoms with Crippen LogP contribution in [0, 0.1) is 5.41 Å². The molecular formula is C16H23Br2NO2. The molecule has 0 amide bonds. The Morgan fingerprint density at radius 2 is 1.90 bits per heavy atom. The highest BCUT2D eigenvalue weighted by Crippen LogP contribution is 2.43. The second-order valence-electron chi connectivity index (χ2n) is 6.03. The Hall–Kier alpha value is -0.100. The summed E-state index contributed by atoms with van der Waals surface area (Å²) < 4.78 is 13.0. The number of halogens is 2. The summed E-state index contributed by atoms with van der Waals surface area (Å²) in [4.78, 5) is 0. The van der Waals surface area contributed by atoms with E-state index in [1.807, 2.05) is 0 Å². The van der Waals surface area contributed by atoms with Crippen LogP contribution in [0.15, 0.2) is 21.1 Å². The molecular weight excluding hydrogens is 398 g/mol. The molecule has 1 aromatic carbocycles. The van der Waals surface area contributed by atoms with Crippen LogP contribution in [0.25, 0.3) is 0 Å². The van der Waals surface area contributed by atoms with Gasteiger partial charge in [-0.25, -0.2) is 0 Å². The van der Waals surface area contributed by atoms with Crippen molar-refractivity contribution in [2.24, 2.45) is 5.41 Å². The minimum atomic E-state index is 0.191. The van der Waals surface area contributed by atoms with Gasteiger partial charge in [-0.05, 0) is 62.9 Å². The molecule has 1 saturated carbocycles. The first-order chi connectivity index (χ1) is 9.90. The summed E-state index contributed by atoms with van der Waals surface area (Å²) in [6.07, 6.45) is 1.45. The third kappa shape index (κ3) is 3.63. The third-order valence-corrected chi connectivity index (χ3v) is 5.54. The summed E-state index contributed by atoms with van der Waals surface area (Å²) in [5.41, 5.74) is 1.42. The molecule has 2 unspecified atom stereocenters. The normalized spacial score (nSPS) is 23.7. The van der Waals surface area contributed by atoms with Crippen LogP contribution in [0.4, 0.5) is 0 Å². The smallest absolute Gasteiger partial charge is 0.147 e. The number of benzene rings is 1. The summed E-state index contributed by atoms with van der Waals surface area (Å²) in [5.74, 6) is 0.833. The number of rotatable bonds is 6. The Labute approximate surface area is 144 Å². The molecule has 2 atom stereocenters. The van der Waals surface area contributed by atoms with E-state index >= 15 is 0 Å². The lowest BCUT2D eigenvalue weighted by atomic mass is 9.64. The van der Waals surface area contributed by atoms with Crippen LogP contribution in [-0.2, 0) is 11.3 Å². The van der Waals surface area contributed by atoms with Crippen molar-refractivity contribution < 1.29 is 9.47 Å². The summed E-state index contributed by atoms with van der Waals surface area (Å²) in [7, 11) is 1.67. The predicted molar refractivity (Wildman–Crippen MR) is 92.8 cm³/mol. The van der Waals surface area contributed by atoms with Gasteiger partial charge in [-0.15, -0.1) is 0 Å². The van der Waals surface area contributed by atoms with Gasteiger partial charge >= 0.3 is 0 Å². The predicted octanol–water partition coefficient (Wildman–Crippen LogP) is 4.51. The number of methoxy groups -OCH3 is 1. The van der Waals surface area contributed by atoms with Gasteiger partial charge in [0, 0.05) is 24.6 Å². The highest BCUT2D eigenvalue weighted by molar-refractivity contribution is 9.11. The fourth-order valence-electron chi connectivity index (χ4n) is 2.87. The van der Waals surface area contributed by atoms with Crippen molar-refractivity contribution in [3.8, 4) is 5.75 Å². The zero-order valence-electron chi connectivity index (χ0n) is 13.0. The Balaban J connectivity index is 1.96. The number of ether oxygens (including phenoxy) is 2. The van der Waals surface area contributed by atoms with Crippen molar-refractivity contribution in [2.75, 3.05) is 13.7 Å². The fraction of sp³-hybridized carbons (Fsp3) is 0.625. The molecule has 0 aliphatic heterocycles. The lowest BCUT2D eigenvalue weighted by molar-refractivity contribution is -0.114. The molecule has 2 rings (SSSR count). The Morgan fingerprint density at radius 3 is 2.38 bits per heavy atom. The Morgan fingerprint density at radius 1 is 1.29 bits per heavy atom. The highest BCUT2D eigenvalue weighted by Gasteiger charge is 2.48. The van der Waals surface area contributed by atoms with Crippen molar-refractivity contribution in [2.45, 2.75) is 45.9 Å². The van der Waals surface area contributed by atoms with Crippen LogP contribution in [-0.4, -0.2) is 25.9 Å². The second kappa shape index (κ2) is 6.99. The van der Waals surface area contributed by atoms with E-state index in [-0.39, 0.29) is 5.41 Å². The Bertz CT molecular complexity index is 482. The summed E-state index contributed by atoms with van der Waals surface area (Å²) >= 11 is 7.09. The summed E-state index contributed by atoms with van der Waals surface area (Å²) in [6, 6.07) is 4.69. The van der Waals surface area contributed by atoms with Gasteiger partial charge in [-0.2, -0.15) is 0 Å². The maximum atomic E-state index is 5.77. The standard InChI is InChI=1S/C16H23Br2NO2/c1-5-21-14-8-13(16(14,2)3)19-9-10-6-11(17)15(20-4)12(18)7-10/h6-7,13-14,19H,5,8-9H2,1-4H3. The van der Waals surface area contributed by atoms with Crippen LogP contribution < -0.4 is 10.1 Å². The van der Waals surface area contributed by atoms with Crippen LogP contribution in [0.2, 0.25) is 0 Å². The average Bonchev–Trinajstić information content (AvgIpc) is 2.41. The van der Waals surface area contributed by atoms with Gasteiger partial charge in [0.05, 0.1) is 22.2 Å². The summed E-state index contributed by atoms with van der Waals surface area (Å²) in [5, 5.41) is 3.64.